The van der Waals surface area contributed by atoms with E-state index >= 15 is 0 Å². The first-order chi connectivity index (χ1) is 12.8. The molecule has 0 saturated carbocycles. The zero-order valence-corrected chi connectivity index (χ0v) is 15.0. The van der Waals surface area contributed by atoms with Gasteiger partial charge in [0.05, 0.1) is 26.4 Å². The molecule has 146 valence electrons. The molecule has 0 saturated heterocycles. The molecular formula is C18H28N2O6. The van der Waals surface area contributed by atoms with Crippen LogP contribution < -0.4 is 11.5 Å². The van der Waals surface area contributed by atoms with Crippen LogP contribution in [0.4, 0.5) is 0 Å². The summed E-state index contributed by atoms with van der Waals surface area (Å²) in [4.78, 5) is 0. The third-order valence-corrected chi connectivity index (χ3v) is 3.31. The van der Waals surface area contributed by atoms with Gasteiger partial charge in [0, 0.05) is 13.1 Å². The van der Waals surface area contributed by atoms with Crippen molar-refractivity contribution in [3.8, 4) is 0 Å². The number of furan rings is 2. The van der Waals surface area contributed by atoms with Gasteiger partial charge in [-0.2, -0.15) is 0 Å². The highest BCUT2D eigenvalue weighted by Gasteiger charge is 2.04. The van der Waals surface area contributed by atoms with Crippen molar-refractivity contribution in [2.45, 2.75) is 26.4 Å². The molecule has 0 amide bonds. The predicted molar refractivity (Wildman–Crippen MR) is 94.1 cm³/mol. The van der Waals surface area contributed by atoms with Crippen LogP contribution in [-0.4, -0.2) is 39.5 Å². The lowest BCUT2D eigenvalue weighted by molar-refractivity contribution is 0.0216. The Kier molecular flexibility index (Phi) is 10.0. The molecule has 8 nitrogen and oxygen atoms in total. The largest absolute Gasteiger partial charge is 0.461 e. The van der Waals surface area contributed by atoms with Gasteiger partial charge < -0.3 is 39.2 Å². The van der Waals surface area contributed by atoms with Crippen LogP contribution in [0, 0.1) is 0 Å². The van der Waals surface area contributed by atoms with Crippen molar-refractivity contribution >= 4 is 0 Å². The van der Waals surface area contributed by atoms with Crippen LogP contribution in [0.15, 0.2) is 33.1 Å². The summed E-state index contributed by atoms with van der Waals surface area (Å²) in [6.45, 7) is 4.58. The van der Waals surface area contributed by atoms with Gasteiger partial charge in [0.25, 0.3) is 0 Å². The Morgan fingerprint density at radius 2 is 0.846 bits per heavy atom. The first-order valence-corrected chi connectivity index (χ1v) is 8.68. The van der Waals surface area contributed by atoms with Gasteiger partial charge in [-0.3, -0.25) is 0 Å². The molecule has 26 heavy (non-hydrogen) atoms. The van der Waals surface area contributed by atoms with Crippen LogP contribution in [0.2, 0.25) is 0 Å². The van der Waals surface area contributed by atoms with Gasteiger partial charge in [-0.15, -0.1) is 0 Å². The van der Waals surface area contributed by atoms with Gasteiger partial charge in [0.1, 0.15) is 49.5 Å². The fourth-order valence-electron chi connectivity index (χ4n) is 2.13. The van der Waals surface area contributed by atoms with E-state index in [-0.39, 0.29) is 0 Å². The van der Waals surface area contributed by atoms with Crippen molar-refractivity contribution < 1.29 is 27.8 Å². The van der Waals surface area contributed by atoms with E-state index in [1.807, 2.05) is 24.3 Å². The monoisotopic (exact) mass is 368 g/mol. The van der Waals surface area contributed by atoms with Crippen LogP contribution in [0.1, 0.15) is 23.0 Å². The third-order valence-electron chi connectivity index (χ3n) is 3.31. The smallest absolute Gasteiger partial charge is 0.129 e. The molecule has 0 aliphatic rings. The summed E-state index contributed by atoms with van der Waals surface area (Å²) < 4.78 is 32.8. The van der Waals surface area contributed by atoms with E-state index in [1.54, 1.807) is 0 Å². The number of hydrogen-bond donors (Lipinski definition) is 2. The minimum Gasteiger partial charge on any atom is -0.461 e. The van der Waals surface area contributed by atoms with E-state index in [4.69, 9.17) is 39.2 Å². The summed E-state index contributed by atoms with van der Waals surface area (Å²) in [6.07, 6.45) is 0. The molecule has 0 bridgehead atoms. The van der Waals surface area contributed by atoms with E-state index in [0.717, 1.165) is 23.0 Å². The van der Waals surface area contributed by atoms with E-state index in [9.17, 15) is 0 Å². The Morgan fingerprint density at radius 1 is 0.538 bits per heavy atom. The molecule has 2 heterocycles. The molecular weight excluding hydrogens is 340 g/mol. The summed E-state index contributed by atoms with van der Waals surface area (Å²) in [6, 6.07) is 7.49. The lowest BCUT2D eigenvalue weighted by Crippen LogP contribution is -2.07. The van der Waals surface area contributed by atoms with Gasteiger partial charge in [-0.1, -0.05) is 0 Å². The van der Waals surface area contributed by atoms with E-state index in [0.29, 0.717) is 65.9 Å². The number of hydrogen-bond acceptors (Lipinski definition) is 8. The minimum atomic E-state index is 0.392. The SMILES string of the molecule is NCCOCc1ccc(COCCOCc2ccc(COCCN)o2)o1. The normalized spacial score (nSPS) is 11.3. The summed E-state index contributed by atoms with van der Waals surface area (Å²) >= 11 is 0. The molecule has 0 unspecified atom stereocenters. The lowest BCUT2D eigenvalue weighted by atomic mass is 10.4. The molecule has 8 heteroatoms. The number of rotatable bonds is 15. The first kappa shape index (κ1) is 20.6. The van der Waals surface area contributed by atoms with Crippen LogP contribution in [-0.2, 0) is 45.4 Å². The Hall–Kier alpha value is -1.68. The zero-order valence-electron chi connectivity index (χ0n) is 15.0. The molecule has 0 spiro atoms. The maximum atomic E-state index is 5.58. The maximum absolute atomic E-state index is 5.58. The molecule has 0 aliphatic carbocycles. The van der Waals surface area contributed by atoms with E-state index in [1.165, 1.54) is 0 Å². The van der Waals surface area contributed by atoms with Crippen molar-refractivity contribution in [3.05, 3.63) is 47.3 Å². The highest BCUT2D eigenvalue weighted by atomic mass is 16.5. The lowest BCUT2D eigenvalue weighted by Gasteiger charge is -2.04. The Morgan fingerprint density at radius 3 is 1.15 bits per heavy atom. The summed E-state index contributed by atoms with van der Waals surface area (Å²) in [5.41, 5.74) is 10.7. The van der Waals surface area contributed by atoms with Gasteiger partial charge in [0.15, 0.2) is 0 Å². The van der Waals surface area contributed by atoms with E-state index < -0.39 is 0 Å². The summed E-state index contributed by atoms with van der Waals surface area (Å²) in [5, 5.41) is 0. The van der Waals surface area contributed by atoms with Crippen LogP contribution in [0.25, 0.3) is 0 Å². The van der Waals surface area contributed by atoms with Crippen molar-refractivity contribution in [2.24, 2.45) is 11.5 Å². The van der Waals surface area contributed by atoms with Crippen molar-refractivity contribution in [1.82, 2.24) is 0 Å². The zero-order chi connectivity index (χ0) is 18.5. The predicted octanol–water partition coefficient (Wildman–Crippen LogP) is 1.56. The molecule has 2 aromatic heterocycles. The second-order valence-corrected chi connectivity index (χ2v) is 5.52. The topological polar surface area (TPSA) is 115 Å². The van der Waals surface area contributed by atoms with Crippen molar-refractivity contribution in [3.63, 3.8) is 0 Å². The van der Waals surface area contributed by atoms with Crippen molar-refractivity contribution in [2.75, 3.05) is 39.5 Å². The fourth-order valence-corrected chi connectivity index (χ4v) is 2.13. The average Bonchev–Trinajstić information content (AvgIpc) is 3.28. The molecule has 2 rings (SSSR count). The number of nitrogens with two attached hydrogens (primary N) is 2. The highest BCUT2D eigenvalue weighted by Crippen LogP contribution is 2.11. The van der Waals surface area contributed by atoms with Crippen LogP contribution in [0.5, 0.6) is 0 Å². The molecule has 0 radical (unpaired) electrons. The van der Waals surface area contributed by atoms with Gasteiger partial charge >= 0.3 is 0 Å². The van der Waals surface area contributed by atoms with Gasteiger partial charge in [0.2, 0.25) is 0 Å². The van der Waals surface area contributed by atoms with Crippen LogP contribution in [0.3, 0.4) is 0 Å². The second kappa shape index (κ2) is 12.6. The fraction of sp³-hybridized carbons (Fsp3) is 0.556. The minimum absolute atomic E-state index is 0.392. The van der Waals surface area contributed by atoms with Crippen LogP contribution >= 0.6 is 0 Å². The standard InChI is InChI=1S/C18H28N2O6/c19-5-7-21-11-15-1-3-17(25-15)13-23-9-10-24-14-18-4-2-16(26-18)12-22-8-6-20/h1-4H,5-14,19-20H2. The average molecular weight is 368 g/mol. The molecule has 0 atom stereocenters. The number of ether oxygens (including phenoxy) is 4. The maximum Gasteiger partial charge on any atom is 0.129 e. The third kappa shape index (κ3) is 8.13. The van der Waals surface area contributed by atoms with Gasteiger partial charge in [-0.05, 0) is 24.3 Å². The molecule has 4 N–H and O–H groups in total. The van der Waals surface area contributed by atoms with Crippen molar-refractivity contribution in [1.29, 1.82) is 0 Å². The Bertz CT molecular complexity index is 546. The Balaban J connectivity index is 1.51. The molecule has 0 aliphatic heterocycles. The Labute approximate surface area is 153 Å². The molecule has 0 aromatic carbocycles. The molecule has 2 aromatic rings. The second-order valence-electron chi connectivity index (χ2n) is 5.52. The summed E-state index contributed by atoms with van der Waals surface area (Å²) in [5.74, 6) is 3.03. The highest BCUT2D eigenvalue weighted by molar-refractivity contribution is 5.06. The summed E-state index contributed by atoms with van der Waals surface area (Å²) in [7, 11) is 0. The van der Waals surface area contributed by atoms with Gasteiger partial charge in [-0.25, -0.2) is 0 Å². The quantitative estimate of drug-likeness (QED) is 0.455. The van der Waals surface area contributed by atoms with E-state index in [2.05, 4.69) is 0 Å². The molecule has 0 fully saturated rings. The first-order valence-electron chi connectivity index (χ1n) is 8.68.